The molecular weight excluding hydrogens is 350 g/mol. The highest BCUT2D eigenvalue weighted by Gasteiger charge is 2.22. The van der Waals surface area contributed by atoms with Crippen LogP contribution in [0.15, 0.2) is 48.5 Å². The number of nitrogens with two attached hydrogens (primary N) is 1. The van der Waals surface area contributed by atoms with Gasteiger partial charge in [-0.2, -0.15) is 0 Å². The number of nitrogen functional groups attached to an aromatic ring is 1. The predicted octanol–water partition coefficient (Wildman–Crippen LogP) is 3.32. The van der Waals surface area contributed by atoms with Crippen LogP contribution in [0.1, 0.15) is 18.4 Å². The minimum absolute atomic E-state index is 0.167. The minimum atomic E-state index is 0.167. The van der Waals surface area contributed by atoms with Gasteiger partial charge in [-0.05, 0) is 43.7 Å². The van der Waals surface area contributed by atoms with E-state index in [2.05, 4.69) is 29.0 Å². The molecule has 146 valence electrons. The van der Waals surface area contributed by atoms with Crippen LogP contribution in [-0.4, -0.2) is 48.2 Å². The Bertz CT molecular complexity index is 938. The number of fused-ring (bicyclic) bond motifs is 1. The van der Waals surface area contributed by atoms with Crippen molar-refractivity contribution in [1.29, 1.82) is 0 Å². The zero-order valence-electron chi connectivity index (χ0n) is 16.5. The maximum absolute atomic E-state index is 6.36. The van der Waals surface area contributed by atoms with E-state index in [4.69, 9.17) is 20.4 Å². The zero-order valence-corrected chi connectivity index (χ0v) is 16.5. The molecule has 1 saturated heterocycles. The first-order valence-corrected chi connectivity index (χ1v) is 9.76. The van der Waals surface area contributed by atoms with E-state index in [1.54, 1.807) is 0 Å². The van der Waals surface area contributed by atoms with Gasteiger partial charge in [-0.15, -0.1) is 0 Å². The molecule has 6 nitrogen and oxygen atoms in total. The van der Waals surface area contributed by atoms with E-state index >= 15 is 0 Å². The number of ether oxygens (including phenoxy) is 1. The Morgan fingerprint density at radius 1 is 1.07 bits per heavy atom. The number of benzene rings is 2. The molecule has 0 amide bonds. The van der Waals surface area contributed by atoms with Gasteiger partial charge in [-0.25, -0.2) is 9.97 Å². The van der Waals surface area contributed by atoms with Crippen molar-refractivity contribution in [1.82, 2.24) is 14.9 Å². The second-order valence-corrected chi connectivity index (χ2v) is 7.56. The van der Waals surface area contributed by atoms with Gasteiger partial charge in [-0.3, -0.25) is 0 Å². The standard InChI is InChI=1S/C22H27N5O/c1-26-12-10-18(11-13-26)28-22-21(27(2)15-16-6-4-3-5-7-16)24-20-14-17(23)8-9-19(20)25-22/h3-9,14,18H,10-13,15,23H2,1-2H3. The summed E-state index contributed by atoms with van der Waals surface area (Å²) < 4.78 is 6.36. The van der Waals surface area contributed by atoms with Crippen LogP contribution in [-0.2, 0) is 6.54 Å². The van der Waals surface area contributed by atoms with Crippen molar-refractivity contribution >= 4 is 22.5 Å². The molecule has 2 aromatic carbocycles. The lowest BCUT2D eigenvalue weighted by molar-refractivity contribution is 0.110. The molecular formula is C22H27N5O. The molecule has 0 saturated carbocycles. The molecule has 0 spiro atoms. The first-order chi connectivity index (χ1) is 13.6. The van der Waals surface area contributed by atoms with Gasteiger partial charge in [0.25, 0.3) is 5.88 Å². The van der Waals surface area contributed by atoms with Gasteiger partial charge < -0.3 is 20.3 Å². The Kier molecular flexibility index (Phi) is 5.30. The molecule has 0 atom stereocenters. The summed E-state index contributed by atoms with van der Waals surface area (Å²) in [5.41, 5.74) is 9.44. The summed E-state index contributed by atoms with van der Waals surface area (Å²) in [6, 6.07) is 16.0. The monoisotopic (exact) mass is 377 g/mol. The van der Waals surface area contributed by atoms with Gasteiger partial charge in [0, 0.05) is 32.4 Å². The normalized spacial score (nSPS) is 15.6. The molecule has 6 heteroatoms. The van der Waals surface area contributed by atoms with E-state index in [0.717, 1.165) is 49.3 Å². The lowest BCUT2D eigenvalue weighted by atomic mass is 10.1. The molecule has 0 bridgehead atoms. The molecule has 3 aromatic rings. The molecule has 1 aliphatic heterocycles. The van der Waals surface area contributed by atoms with E-state index in [0.29, 0.717) is 11.6 Å². The van der Waals surface area contributed by atoms with Gasteiger partial charge in [0.1, 0.15) is 6.10 Å². The molecule has 0 radical (unpaired) electrons. The summed E-state index contributed by atoms with van der Waals surface area (Å²) in [7, 11) is 4.17. The molecule has 1 fully saturated rings. The summed E-state index contributed by atoms with van der Waals surface area (Å²) in [6.07, 6.45) is 2.17. The quantitative estimate of drug-likeness (QED) is 0.688. The van der Waals surface area contributed by atoms with Crippen LogP contribution in [0.3, 0.4) is 0 Å². The third-order valence-corrected chi connectivity index (χ3v) is 5.21. The number of piperidine rings is 1. The zero-order chi connectivity index (χ0) is 19.5. The Hall–Kier alpha value is -2.86. The number of rotatable bonds is 5. The molecule has 0 unspecified atom stereocenters. The highest BCUT2D eigenvalue weighted by Crippen LogP contribution is 2.30. The average molecular weight is 377 g/mol. The van der Waals surface area contributed by atoms with Crippen molar-refractivity contribution < 1.29 is 4.74 Å². The van der Waals surface area contributed by atoms with Crippen molar-refractivity contribution in [2.75, 3.05) is 37.8 Å². The lowest BCUT2D eigenvalue weighted by Gasteiger charge is -2.30. The third-order valence-electron chi connectivity index (χ3n) is 5.21. The fourth-order valence-electron chi connectivity index (χ4n) is 3.57. The minimum Gasteiger partial charge on any atom is -0.472 e. The fourth-order valence-corrected chi connectivity index (χ4v) is 3.57. The fraction of sp³-hybridized carbons (Fsp3) is 0.364. The topological polar surface area (TPSA) is 67.5 Å². The van der Waals surface area contributed by atoms with Gasteiger partial charge in [0.15, 0.2) is 5.82 Å². The average Bonchev–Trinajstić information content (AvgIpc) is 2.70. The molecule has 0 aliphatic carbocycles. The Morgan fingerprint density at radius 2 is 1.82 bits per heavy atom. The summed E-state index contributed by atoms with van der Waals surface area (Å²) in [6.45, 7) is 2.81. The number of likely N-dealkylation sites (tertiary alicyclic amines) is 1. The molecule has 2 N–H and O–H groups in total. The first-order valence-electron chi connectivity index (χ1n) is 9.76. The van der Waals surface area contributed by atoms with Crippen molar-refractivity contribution in [2.24, 2.45) is 0 Å². The first kappa shape index (κ1) is 18.5. The van der Waals surface area contributed by atoms with Crippen LogP contribution in [0.4, 0.5) is 11.5 Å². The number of anilines is 2. The largest absolute Gasteiger partial charge is 0.472 e. The van der Waals surface area contributed by atoms with Crippen molar-refractivity contribution in [2.45, 2.75) is 25.5 Å². The number of nitrogens with zero attached hydrogens (tertiary/aromatic N) is 4. The van der Waals surface area contributed by atoms with Crippen LogP contribution < -0.4 is 15.4 Å². The van der Waals surface area contributed by atoms with E-state index in [1.807, 2.05) is 43.4 Å². The molecule has 2 heterocycles. The maximum atomic E-state index is 6.36. The summed E-state index contributed by atoms with van der Waals surface area (Å²) in [5.74, 6) is 1.35. The molecule has 28 heavy (non-hydrogen) atoms. The number of hydrogen-bond donors (Lipinski definition) is 1. The SMILES string of the molecule is CN1CCC(Oc2nc3ccc(N)cc3nc2N(C)Cc2ccccc2)CC1. The highest BCUT2D eigenvalue weighted by molar-refractivity contribution is 5.80. The molecule has 1 aliphatic rings. The van der Waals surface area contributed by atoms with Gasteiger partial charge >= 0.3 is 0 Å². The van der Waals surface area contributed by atoms with Crippen LogP contribution in [0.25, 0.3) is 11.0 Å². The van der Waals surface area contributed by atoms with E-state index in [-0.39, 0.29) is 6.10 Å². The summed E-state index contributed by atoms with van der Waals surface area (Å²) in [4.78, 5) is 14.1. The van der Waals surface area contributed by atoms with Gasteiger partial charge in [0.05, 0.1) is 11.0 Å². The summed E-state index contributed by atoms with van der Waals surface area (Å²) >= 11 is 0. The number of hydrogen-bond acceptors (Lipinski definition) is 6. The van der Waals surface area contributed by atoms with E-state index in [9.17, 15) is 0 Å². The number of aromatic nitrogens is 2. The maximum Gasteiger partial charge on any atom is 0.258 e. The third kappa shape index (κ3) is 4.17. The molecule has 1 aromatic heterocycles. The van der Waals surface area contributed by atoms with Crippen molar-refractivity contribution in [3.05, 3.63) is 54.1 Å². The lowest BCUT2D eigenvalue weighted by Crippen LogP contribution is -2.36. The van der Waals surface area contributed by atoms with Crippen LogP contribution >= 0.6 is 0 Å². The van der Waals surface area contributed by atoms with Crippen molar-refractivity contribution in [3.8, 4) is 5.88 Å². The predicted molar refractivity (Wildman–Crippen MR) is 114 cm³/mol. The second kappa shape index (κ2) is 8.02. The smallest absolute Gasteiger partial charge is 0.258 e. The Balaban J connectivity index is 1.66. The molecule has 4 rings (SSSR count). The Morgan fingerprint density at radius 3 is 2.57 bits per heavy atom. The van der Waals surface area contributed by atoms with Crippen molar-refractivity contribution in [3.63, 3.8) is 0 Å². The van der Waals surface area contributed by atoms with Gasteiger partial charge in [-0.1, -0.05) is 30.3 Å². The summed E-state index contributed by atoms with van der Waals surface area (Å²) in [5, 5.41) is 0. The highest BCUT2D eigenvalue weighted by atomic mass is 16.5. The van der Waals surface area contributed by atoms with E-state index in [1.165, 1.54) is 5.56 Å². The van der Waals surface area contributed by atoms with Crippen LogP contribution in [0, 0.1) is 0 Å². The van der Waals surface area contributed by atoms with Crippen LogP contribution in [0.5, 0.6) is 5.88 Å². The van der Waals surface area contributed by atoms with E-state index < -0.39 is 0 Å². The van der Waals surface area contributed by atoms with Gasteiger partial charge in [0.2, 0.25) is 0 Å². The Labute approximate surface area is 165 Å². The van der Waals surface area contributed by atoms with Crippen LogP contribution in [0.2, 0.25) is 0 Å². The second-order valence-electron chi connectivity index (χ2n) is 7.56.